The van der Waals surface area contributed by atoms with Gasteiger partial charge in [-0.2, -0.15) is 5.10 Å². The molecule has 2 aliphatic rings. The summed E-state index contributed by atoms with van der Waals surface area (Å²) in [5.41, 5.74) is 2.19. The largest absolute Gasteiger partial charge is 0.355 e. The quantitative estimate of drug-likeness (QED) is 0.752. The maximum absolute atomic E-state index is 12.1. The molecule has 1 spiro atoms. The van der Waals surface area contributed by atoms with Gasteiger partial charge >= 0.3 is 0 Å². The number of H-pyrrole nitrogens is 1. The zero-order chi connectivity index (χ0) is 11.2. The van der Waals surface area contributed by atoms with Gasteiger partial charge in [0, 0.05) is 18.2 Å². The Kier molecular flexibility index (Phi) is 2.06. The summed E-state index contributed by atoms with van der Waals surface area (Å²) in [7, 11) is 0. The van der Waals surface area contributed by atoms with Crippen molar-refractivity contribution in [2.75, 3.05) is 6.54 Å². The smallest absolute Gasteiger partial charge is 0.226 e. The standard InChI is InChI=1S/C12H17N3O/c1-8-6-14-15-10(8)9-7-13-11(16)12(9)4-2-3-5-12/h6,9H,2-5,7H2,1H3,(H,13,16)(H,14,15)/t9-/m0/s1. The van der Waals surface area contributed by atoms with Crippen LogP contribution in [0.15, 0.2) is 6.20 Å². The molecule has 2 fully saturated rings. The highest BCUT2D eigenvalue weighted by molar-refractivity contribution is 5.86. The van der Waals surface area contributed by atoms with Gasteiger partial charge in [0.25, 0.3) is 0 Å². The third-order valence-electron chi connectivity index (χ3n) is 4.30. The van der Waals surface area contributed by atoms with E-state index in [1.807, 2.05) is 6.20 Å². The highest BCUT2D eigenvalue weighted by Crippen LogP contribution is 2.51. The monoisotopic (exact) mass is 219 g/mol. The second-order valence-corrected chi connectivity index (χ2v) is 5.09. The van der Waals surface area contributed by atoms with Gasteiger partial charge in [-0.3, -0.25) is 9.89 Å². The number of aromatic amines is 1. The number of aromatic nitrogens is 2. The van der Waals surface area contributed by atoms with Gasteiger partial charge in [-0.15, -0.1) is 0 Å². The fraction of sp³-hybridized carbons (Fsp3) is 0.667. The number of nitrogens with zero attached hydrogens (tertiary/aromatic N) is 1. The Morgan fingerprint density at radius 1 is 1.44 bits per heavy atom. The predicted molar refractivity (Wildman–Crippen MR) is 60.0 cm³/mol. The number of hydrogen-bond donors (Lipinski definition) is 2. The molecule has 2 N–H and O–H groups in total. The first kappa shape index (κ1) is 9.87. The van der Waals surface area contributed by atoms with Gasteiger partial charge in [0.05, 0.1) is 11.6 Å². The molecular weight excluding hydrogens is 202 g/mol. The Morgan fingerprint density at radius 3 is 2.81 bits per heavy atom. The van der Waals surface area contributed by atoms with Crippen LogP contribution >= 0.6 is 0 Å². The second kappa shape index (κ2) is 3.34. The summed E-state index contributed by atoms with van der Waals surface area (Å²) in [5.74, 6) is 0.550. The number of carbonyl (C=O) groups is 1. The van der Waals surface area contributed by atoms with Crippen LogP contribution in [0.1, 0.15) is 42.9 Å². The molecule has 0 unspecified atom stereocenters. The second-order valence-electron chi connectivity index (χ2n) is 5.09. The first-order chi connectivity index (χ1) is 7.74. The van der Waals surface area contributed by atoms with Crippen LogP contribution in [0, 0.1) is 12.3 Å². The maximum Gasteiger partial charge on any atom is 0.226 e. The molecule has 1 amide bonds. The van der Waals surface area contributed by atoms with E-state index in [4.69, 9.17) is 0 Å². The summed E-state index contributed by atoms with van der Waals surface area (Å²) in [5, 5.41) is 10.2. The number of carbonyl (C=O) groups excluding carboxylic acids is 1. The van der Waals surface area contributed by atoms with Gasteiger partial charge in [-0.05, 0) is 25.3 Å². The molecule has 0 radical (unpaired) electrons. The molecule has 1 aliphatic carbocycles. The van der Waals surface area contributed by atoms with E-state index in [-0.39, 0.29) is 11.3 Å². The van der Waals surface area contributed by atoms with Gasteiger partial charge in [0.1, 0.15) is 0 Å². The van der Waals surface area contributed by atoms with E-state index < -0.39 is 0 Å². The molecule has 3 rings (SSSR count). The average Bonchev–Trinajstić information content (AvgIpc) is 2.94. The van der Waals surface area contributed by atoms with Crippen LogP contribution in [0.5, 0.6) is 0 Å². The van der Waals surface area contributed by atoms with Crippen molar-refractivity contribution in [2.24, 2.45) is 5.41 Å². The fourth-order valence-electron chi connectivity index (χ4n) is 3.39. The Morgan fingerprint density at radius 2 is 2.19 bits per heavy atom. The van der Waals surface area contributed by atoms with Crippen molar-refractivity contribution in [1.29, 1.82) is 0 Å². The summed E-state index contributed by atoms with van der Waals surface area (Å²) < 4.78 is 0. The van der Waals surface area contributed by atoms with Crippen LogP contribution < -0.4 is 5.32 Å². The molecule has 1 aromatic heterocycles. The summed E-state index contributed by atoms with van der Waals surface area (Å²) in [6.07, 6.45) is 6.26. The summed E-state index contributed by atoms with van der Waals surface area (Å²) in [6.45, 7) is 2.83. The molecule has 0 aromatic carbocycles. The highest BCUT2D eigenvalue weighted by Gasteiger charge is 2.52. The Bertz CT molecular complexity index is 418. The van der Waals surface area contributed by atoms with Crippen molar-refractivity contribution >= 4 is 5.91 Å². The van der Waals surface area contributed by atoms with Crippen molar-refractivity contribution in [1.82, 2.24) is 15.5 Å². The first-order valence-corrected chi connectivity index (χ1v) is 6.02. The lowest BCUT2D eigenvalue weighted by atomic mass is 9.74. The topological polar surface area (TPSA) is 57.8 Å². The predicted octanol–water partition coefficient (Wildman–Crippen LogP) is 1.49. The lowest BCUT2D eigenvalue weighted by molar-refractivity contribution is -0.127. The minimum Gasteiger partial charge on any atom is -0.355 e. The van der Waals surface area contributed by atoms with E-state index in [1.54, 1.807) is 0 Å². The number of rotatable bonds is 1. The lowest BCUT2D eigenvalue weighted by Crippen LogP contribution is -2.31. The number of aryl methyl sites for hydroxylation is 1. The van der Waals surface area contributed by atoms with Crippen molar-refractivity contribution in [3.63, 3.8) is 0 Å². The molecule has 2 heterocycles. The Labute approximate surface area is 94.8 Å². The maximum atomic E-state index is 12.1. The summed E-state index contributed by atoms with van der Waals surface area (Å²) in [6, 6.07) is 0. The van der Waals surface area contributed by atoms with E-state index in [9.17, 15) is 4.79 Å². The zero-order valence-electron chi connectivity index (χ0n) is 9.55. The van der Waals surface area contributed by atoms with Crippen molar-refractivity contribution in [3.05, 3.63) is 17.5 Å². The number of amides is 1. The molecule has 1 saturated carbocycles. The molecule has 4 heteroatoms. The van der Waals surface area contributed by atoms with Crippen molar-refractivity contribution < 1.29 is 4.79 Å². The van der Waals surface area contributed by atoms with E-state index in [0.717, 1.165) is 25.1 Å². The fourth-order valence-corrected chi connectivity index (χ4v) is 3.39. The van der Waals surface area contributed by atoms with E-state index in [2.05, 4.69) is 22.4 Å². The van der Waals surface area contributed by atoms with Crippen LogP contribution in [-0.2, 0) is 4.79 Å². The van der Waals surface area contributed by atoms with Gasteiger partial charge in [-0.1, -0.05) is 12.8 Å². The Hall–Kier alpha value is -1.32. The summed E-state index contributed by atoms with van der Waals surface area (Å²) >= 11 is 0. The first-order valence-electron chi connectivity index (χ1n) is 6.02. The number of hydrogen-bond acceptors (Lipinski definition) is 2. The van der Waals surface area contributed by atoms with E-state index in [0.29, 0.717) is 5.92 Å². The number of nitrogens with one attached hydrogen (secondary N) is 2. The van der Waals surface area contributed by atoms with Gasteiger partial charge in [-0.25, -0.2) is 0 Å². The van der Waals surface area contributed by atoms with Gasteiger partial charge in [0.2, 0.25) is 5.91 Å². The average molecular weight is 219 g/mol. The normalized spacial score (nSPS) is 27.6. The minimum atomic E-state index is -0.142. The van der Waals surface area contributed by atoms with Crippen LogP contribution in [0.25, 0.3) is 0 Å². The zero-order valence-corrected chi connectivity index (χ0v) is 9.55. The van der Waals surface area contributed by atoms with Crippen LogP contribution in [0.4, 0.5) is 0 Å². The lowest BCUT2D eigenvalue weighted by Gasteiger charge is -2.27. The molecule has 1 atom stereocenters. The van der Waals surface area contributed by atoms with E-state index in [1.165, 1.54) is 18.4 Å². The van der Waals surface area contributed by atoms with E-state index >= 15 is 0 Å². The summed E-state index contributed by atoms with van der Waals surface area (Å²) in [4.78, 5) is 12.1. The van der Waals surface area contributed by atoms with Gasteiger partial charge < -0.3 is 5.32 Å². The molecule has 1 saturated heterocycles. The van der Waals surface area contributed by atoms with Crippen LogP contribution in [-0.4, -0.2) is 22.6 Å². The van der Waals surface area contributed by atoms with Crippen molar-refractivity contribution in [2.45, 2.75) is 38.5 Å². The molecule has 4 nitrogen and oxygen atoms in total. The molecular formula is C12H17N3O. The molecule has 1 aromatic rings. The van der Waals surface area contributed by atoms with Crippen LogP contribution in [0.3, 0.4) is 0 Å². The van der Waals surface area contributed by atoms with Gasteiger partial charge in [0.15, 0.2) is 0 Å². The molecule has 16 heavy (non-hydrogen) atoms. The molecule has 0 bridgehead atoms. The minimum absolute atomic E-state index is 0.142. The molecule has 1 aliphatic heterocycles. The van der Waals surface area contributed by atoms with Crippen molar-refractivity contribution in [3.8, 4) is 0 Å². The third kappa shape index (κ3) is 1.16. The Balaban J connectivity index is 2.02. The highest BCUT2D eigenvalue weighted by atomic mass is 16.2. The van der Waals surface area contributed by atoms with Crippen LogP contribution in [0.2, 0.25) is 0 Å². The SMILES string of the molecule is Cc1cn[nH]c1[C@@H]1CNC(=O)C12CCCC2. The molecule has 86 valence electrons. The third-order valence-corrected chi connectivity index (χ3v) is 4.30.